The first-order chi connectivity index (χ1) is 10.1. The lowest BCUT2D eigenvalue weighted by Crippen LogP contribution is -1.99. The minimum absolute atomic E-state index is 0.0261. The Labute approximate surface area is 139 Å². The molecule has 0 spiro atoms. The lowest BCUT2D eigenvalue weighted by Gasteiger charge is -2.11. The van der Waals surface area contributed by atoms with E-state index >= 15 is 0 Å². The van der Waals surface area contributed by atoms with E-state index in [0.717, 1.165) is 26.6 Å². The van der Waals surface area contributed by atoms with Crippen LogP contribution in [0, 0.1) is 5.82 Å². The van der Waals surface area contributed by atoms with Crippen molar-refractivity contribution in [2.75, 3.05) is 0 Å². The van der Waals surface area contributed by atoms with Crippen molar-refractivity contribution in [3.05, 3.63) is 76.1 Å². The highest BCUT2D eigenvalue weighted by Crippen LogP contribution is 2.29. The number of benzene rings is 2. The number of para-hydroxylation sites is 1. The summed E-state index contributed by atoms with van der Waals surface area (Å²) in [6.45, 7) is 0. The molecule has 4 heteroatoms. The summed E-state index contributed by atoms with van der Waals surface area (Å²) in [5.74, 6) is -0.240. The van der Waals surface area contributed by atoms with Gasteiger partial charge in [0, 0.05) is 26.8 Å². The van der Waals surface area contributed by atoms with Crippen LogP contribution in [0.5, 0.6) is 0 Å². The maximum Gasteiger partial charge on any atom is 0.124 e. The Kier molecular flexibility index (Phi) is 4.36. The Balaban J connectivity index is 1.86. The molecule has 1 nitrogen and oxygen atoms in total. The molecule has 0 aliphatic carbocycles. The standard InChI is InChI=1S/C17H12Br2FN/c18-13-7-12(8-14(20)9-13)16(19)10-15-6-5-11-3-1-2-4-17(11)21-15/h1-9,16H,10H2. The smallest absolute Gasteiger partial charge is 0.124 e. The normalized spacial score (nSPS) is 12.5. The van der Waals surface area contributed by atoms with E-state index in [0.29, 0.717) is 6.42 Å². The SMILES string of the molecule is Fc1cc(Br)cc(C(Br)Cc2ccc3ccccc3n2)c1. The van der Waals surface area contributed by atoms with Crippen molar-refractivity contribution in [2.45, 2.75) is 11.2 Å². The van der Waals surface area contributed by atoms with Crippen molar-refractivity contribution in [3.8, 4) is 0 Å². The van der Waals surface area contributed by atoms with Crippen LogP contribution in [0.15, 0.2) is 59.1 Å². The van der Waals surface area contributed by atoms with E-state index < -0.39 is 0 Å². The second-order valence-corrected chi connectivity index (χ2v) is 6.89. The third kappa shape index (κ3) is 3.50. The fourth-order valence-corrected chi connectivity index (χ4v) is 3.36. The highest BCUT2D eigenvalue weighted by atomic mass is 79.9. The maximum absolute atomic E-state index is 13.5. The Bertz CT molecular complexity index is 768. The average molecular weight is 409 g/mol. The molecule has 3 rings (SSSR count). The molecule has 0 amide bonds. The van der Waals surface area contributed by atoms with Gasteiger partial charge in [0.2, 0.25) is 0 Å². The molecule has 0 aliphatic heterocycles. The minimum atomic E-state index is -0.240. The van der Waals surface area contributed by atoms with Crippen molar-refractivity contribution in [1.29, 1.82) is 0 Å². The van der Waals surface area contributed by atoms with Crippen molar-refractivity contribution in [3.63, 3.8) is 0 Å². The lowest BCUT2D eigenvalue weighted by molar-refractivity contribution is 0.624. The molecule has 0 fully saturated rings. The number of hydrogen-bond acceptors (Lipinski definition) is 1. The van der Waals surface area contributed by atoms with Crippen LogP contribution in [-0.2, 0) is 6.42 Å². The molecule has 0 saturated heterocycles. The van der Waals surface area contributed by atoms with E-state index in [1.807, 2.05) is 36.4 Å². The van der Waals surface area contributed by atoms with Crippen molar-refractivity contribution in [1.82, 2.24) is 4.98 Å². The molecule has 1 aromatic heterocycles. The molecule has 1 heterocycles. The first-order valence-electron chi connectivity index (χ1n) is 6.56. The van der Waals surface area contributed by atoms with Crippen LogP contribution in [0.4, 0.5) is 4.39 Å². The van der Waals surface area contributed by atoms with Gasteiger partial charge in [-0.05, 0) is 35.9 Å². The van der Waals surface area contributed by atoms with Gasteiger partial charge < -0.3 is 0 Å². The molecule has 106 valence electrons. The van der Waals surface area contributed by atoms with Gasteiger partial charge in [0.1, 0.15) is 5.82 Å². The van der Waals surface area contributed by atoms with E-state index in [2.05, 4.69) is 42.9 Å². The third-order valence-electron chi connectivity index (χ3n) is 3.29. The summed E-state index contributed by atoms with van der Waals surface area (Å²) in [7, 11) is 0. The quantitative estimate of drug-likeness (QED) is 0.498. The van der Waals surface area contributed by atoms with Crippen LogP contribution in [-0.4, -0.2) is 4.98 Å². The Morgan fingerprint density at radius 1 is 1.05 bits per heavy atom. The fraction of sp³-hybridized carbons (Fsp3) is 0.118. The largest absolute Gasteiger partial charge is 0.253 e. The second-order valence-electron chi connectivity index (χ2n) is 4.87. The highest BCUT2D eigenvalue weighted by Gasteiger charge is 2.12. The molecule has 0 N–H and O–H groups in total. The molecule has 0 bridgehead atoms. The Morgan fingerprint density at radius 3 is 2.67 bits per heavy atom. The second kappa shape index (κ2) is 6.24. The van der Waals surface area contributed by atoms with E-state index in [1.54, 1.807) is 6.07 Å². The maximum atomic E-state index is 13.5. The predicted octanol–water partition coefficient (Wildman–Crippen LogP) is 5.82. The molecular formula is C17H12Br2FN. The monoisotopic (exact) mass is 407 g/mol. The molecule has 0 radical (unpaired) electrons. The zero-order chi connectivity index (χ0) is 14.8. The topological polar surface area (TPSA) is 12.9 Å². The molecule has 2 aromatic carbocycles. The Morgan fingerprint density at radius 2 is 1.86 bits per heavy atom. The summed E-state index contributed by atoms with van der Waals surface area (Å²) in [5, 5.41) is 1.13. The van der Waals surface area contributed by atoms with E-state index in [9.17, 15) is 4.39 Å². The van der Waals surface area contributed by atoms with Gasteiger partial charge in [0.25, 0.3) is 0 Å². The Hall–Kier alpha value is -1.26. The molecule has 21 heavy (non-hydrogen) atoms. The number of alkyl halides is 1. The van der Waals surface area contributed by atoms with E-state index in [1.165, 1.54) is 6.07 Å². The summed E-state index contributed by atoms with van der Waals surface area (Å²) in [6.07, 6.45) is 0.709. The minimum Gasteiger partial charge on any atom is -0.253 e. The first-order valence-corrected chi connectivity index (χ1v) is 8.27. The summed E-state index contributed by atoms with van der Waals surface area (Å²) in [6, 6.07) is 17.0. The molecule has 3 aromatic rings. The first kappa shape index (κ1) is 14.7. The number of pyridine rings is 1. The number of fused-ring (bicyclic) bond motifs is 1. The van der Waals surface area contributed by atoms with E-state index in [-0.39, 0.29) is 10.6 Å². The third-order valence-corrected chi connectivity index (χ3v) is 4.60. The van der Waals surface area contributed by atoms with Gasteiger partial charge in [-0.3, -0.25) is 4.98 Å². The zero-order valence-electron chi connectivity index (χ0n) is 11.1. The highest BCUT2D eigenvalue weighted by molar-refractivity contribution is 9.10. The summed E-state index contributed by atoms with van der Waals surface area (Å²) >= 11 is 6.95. The zero-order valence-corrected chi connectivity index (χ0v) is 14.2. The van der Waals surface area contributed by atoms with Gasteiger partial charge in [-0.25, -0.2) is 4.39 Å². The van der Waals surface area contributed by atoms with Gasteiger partial charge in [0.15, 0.2) is 0 Å². The molecule has 1 atom stereocenters. The lowest BCUT2D eigenvalue weighted by atomic mass is 10.1. The van der Waals surface area contributed by atoms with Gasteiger partial charge in [-0.15, -0.1) is 0 Å². The van der Waals surface area contributed by atoms with E-state index in [4.69, 9.17) is 0 Å². The number of aromatic nitrogens is 1. The fourth-order valence-electron chi connectivity index (χ4n) is 2.28. The number of halogens is 3. The van der Waals surface area contributed by atoms with Crippen LogP contribution in [0.1, 0.15) is 16.1 Å². The number of nitrogens with zero attached hydrogens (tertiary/aromatic N) is 1. The van der Waals surface area contributed by atoms with Gasteiger partial charge in [-0.2, -0.15) is 0 Å². The number of rotatable bonds is 3. The van der Waals surface area contributed by atoms with Crippen LogP contribution >= 0.6 is 31.9 Å². The molecule has 1 unspecified atom stereocenters. The van der Waals surface area contributed by atoms with Crippen molar-refractivity contribution < 1.29 is 4.39 Å². The summed E-state index contributed by atoms with van der Waals surface area (Å²) < 4.78 is 14.2. The predicted molar refractivity (Wildman–Crippen MR) is 91.2 cm³/mol. The molecule has 0 aliphatic rings. The van der Waals surface area contributed by atoms with Gasteiger partial charge >= 0.3 is 0 Å². The van der Waals surface area contributed by atoms with Crippen LogP contribution in [0.3, 0.4) is 0 Å². The van der Waals surface area contributed by atoms with Crippen LogP contribution in [0.25, 0.3) is 10.9 Å². The van der Waals surface area contributed by atoms with Crippen LogP contribution < -0.4 is 0 Å². The summed E-state index contributed by atoms with van der Waals surface area (Å²) in [5.41, 5.74) is 2.86. The molecule has 0 saturated carbocycles. The number of hydrogen-bond donors (Lipinski definition) is 0. The van der Waals surface area contributed by atoms with Gasteiger partial charge in [-0.1, -0.05) is 56.1 Å². The van der Waals surface area contributed by atoms with Crippen LogP contribution in [0.2, 0.25) is 0 Å². The van der Waals surface area contributed by atoms with Crippen molar-refractivity contribution >= 4 is 42.8 Å². The summed E-state index contributed by atoms with van der Waals surface area (Å²) in [4.78, 5) is 4.68. The average Bonchev–Trinajstić information content (AvgIpc) is 2.46. The van der Waals surface area contributed by atoms with Gasteiger partial charge in [0.05, 0.1) is 5.52 Å². The molecular weight excluding hydrogens is 397 g/mol. The van der Waals surface area contributed by atoms with Crippen molar-refractivity contribution in [2.24, 2.45) is 0 Å².